The number of ketones is 2. The molecule has 1 aromatic rings. The second-order valence-electron chi connectivity index (χ2n) is 4.83. The predicted molar refractivity (Wildman–Crippen MR) is 88.3 cm³/mol. The molecule has 0 saturated heterocycles. The lowest BCUT2D eigenvalue weighted by Gasteiger charge is -2.13. The van der Waals surface area contributed by atoms with E-state index in [0.29, 0.717) is 17.2 Å². The SMILES string of the molecule is COC1=CC(=O)C(/C=C\c2cc(OC)c(OC)c(OC)c2)=CC1=O. The number of rotatable bonds is 6. The third-order valence-corrected chi connectivity index (χ3v) is 3.44. The van der Waals surface area contributed by atoms with Gasteiger partial charge in [-0.2, -0.15) is 0 Å². The number of hydrogen-bond acceptors (Lipinski definition) is 6. The normalized spacial score (nSPS) is 14.3. The van der Waals surface area contributed by atoms with Crippen molar-refractivity contribution in [3.63, 3.8) is 0 Å². The van der Waals surface area contributed by atoms with Crippen molar-refractivity contribution in [3.05, 3.63) is 47.3 Å². The third kappa shape index (κ3) is 3.48. The summed E-state index contributed by atoms with van der Waals surface area (Å²) in [4.78, 5) is 23.7. The Balaban J connectivity index is 2.33. The summed E-state index contributed by atoms with van der Waals surface area (Å²) in [6, 6.07) is 3.48. The first kappa shape index (κ1) is 17.3. The highest BCUT2D eigenvalue weighted by Gasteiger charge is 2.19. The number of carbonyl (C=O) groups is 2. The summed E-state index contributed by atoms with van der Waals surface area (Å²) < 4.78 is 20.7. The number of benzene rings is 1. The molecule has 0 unspecified atom stereocenters. The van der Waals surface area contributed by atoms with E-state index in [1.165, 1.54) is 40.6 Å². The van der Waals surface area contributed by atoms with Gasteiger partial charge in [-0.3, -0.25) is 9.59 Å². The minimum Gasteiger partial charge on any atom is -0.493 e. The van der Waals surface area contributed by atoms with Crippen molar-refractivity contribution in [2.75, 3.05) is 28.4 Å². The van der Waals surface area contributed by atoms with Crippen LogP contribution in [0, 0.1) is 0 Å². The summed E-state index contributed by atoms with van der Waals surface area (Å²) in [5.74, 6) is 0.867. The maximum absolute atomic E-state index is 12.0. The number of carbonyl (C=O) groups excluding carboxylic acids is 2. The number of methoxy groups -OCH3 is 4. The van der Waals surface area contributed by atoms with Gasteiger partial charge in [0.25, 0.3) is 0 Å². The van der Waals surface area contributed by atoms with Gasteiger partial charge in [0.15, 0.2) is 23.0 Å². The molecule has 0 bridgehead atoms. The molecule has 6 nitrogen and oxygen atoms in total. The van der Waals surface area contributed by atoms with Crippen molar-refractivity contribution in [3.8, 4) is 17.2 Å². The van der Waals surface area contributed by atoms with Crippen LogP contribution in [0.3, 0.4) is 0 Å². The molecule has 6 heteroatoms. The fraction of sp³-hybridized carbons (Fsp3) is 0.222. The van der Waals surface area contributed by atoms with Crippen molar-refractivity contribution in [1.82, 2.24) is 0 Å². The highest BCUT2D eigenvalue weighted by atomic mass is 16.5. The van der Waals surface area contributed by atoms with Gasteiger partial charge < -0.3 is 18.9 Å². The molecule has 24 heavy (non-hydrogen) atoms. The molecule has 1 aromatic carbocycles. The average Bonchev–Trinajstić information content (AvgIpc) is 2.60. The lowest BCUT2D eigenvalue weighted by atomic mass is 10.0. The van der Waals surface area contributed by atoms with E-state index >= 15 is 0 Å². The largest absolute Gasteiger partial charge is 0.493 e. The summed E-state index contributed by atoms with van der Waals surface area (Å²) in [7, 11) is 5.91. The van der Waals surface area contributed by atoms with Crippen molar-refractivity contribution < 1.29 is 28.5 Å². The Morgan fingerprint density at radius 3 is 1.88 bits per heavy atom. The van der Waals surface area contributed by atoms with Gasteiger partial charge in [0, 0.05) is 17.7 Å². The molecule has 126 valence electrons. The van der Waals surface area contributed by atoms with E-state index in [1.54, 1.807) is 24.3 Å². The van der Waals surface area contributed by atoms with Crippen LogP contribution in [0.15, 0.2) is 41.7 Å². The first-order chi connectivity index (χ1) is 11.5. The van der Waals surface area contributed by atoms with Crippen LogP contribution in [0.25, 0.3) is 6.08 Å². The fourth-order valence-electron chi connectivity index (χ4n) is 2.23. The molecule has 0 heterocycles. The number of allylic oxidation sites excluding steroid dienone is 4. The van der Waals surface area contributed by atoms with E-state index in [4.69, 9.17) is 18.9 Å². The first-order valence-electron chi connectivity index (χ1n) is 7.08. The van der Waals surface area contributed by atoms with Crippen LogP contribution < -0.4 is 14.2 Å². The summed E-state index contributed by atoms with van der Waals surface area (Å²) in [5, 5.41) is 0. The standard InChI is InChI=1S/C18H18O6/c1-21-15-10-13(19)12(9-14(15)20)6-5-11-7-16(22-2)18(24-4)17(8-11)23-3/h5-10H,1-4H3/b6-5-. The van der Waals surface area contributed by atoms with Crippen molar-refractivity contribution in [2.24, 2.45) is 0 Å². The number of ether oxygens (including phenoxy) is 4. The van der Waals surface area contributed by atoms with Crippen LogP contribution in [-0.4, -0.2) is 40.0 Å². The van der Waals surface area contributed by atoms with Gasteiger partial charge in [-0.05, 0) is 17.7 Å². The summed E-state index contributed by atoms with van der Waals surface area (Å²) >= 11 is 0. The van der Waals surface area contributed by atoms with Gasteiger partial charge in [0.1, 0.15) is 0 Å². The highest BCUT2D eigenvalue weighted by molar-refractivity contribution is 6.20. The monoisotopic (exact) mass is 330 g/mol. The molecule has 0 saturated carbocycles. The highest BCUT2D eigenvalue weighted by Crippen LogP contribution is 2.38. The Kier molecular flexibility index (Phi) is 5.42. The van der Waals surface area contributed by atoms with E-state index < -0.39 is 0 Å². The zero-order valence-corrected chi connectivity index (χ0v) is 13.9. The van der Waals surface area contributed by atoms with Crippen LogP contribution in [-0.2, 0) is 14.3 Å². The van der Waals surface area contributed by atoms with Crippen LogP contribution in [0.4, 0.5) is 0 Å². The second kappa shape index (κ2) is 7.50. The third-order valence-electron chi connectivity index (χ3n) is 3.44. The summed E-state index contributed by atoms with van der Waals surface area (Å²) in [6.07, 6.45) is 5.67. The molecule has 0 aliphatic heterocycles. The molecule has 0 N–H and O–H groups in total. The van der Waals surface area contributed by atoms with Gasteiger partial charge in [-0.1, -0.05) is 12.2 Å². The average molecular weight is 330 g/mol. The second-order valence-corrected chi connectivity index (χ2v) is 4.83. The minimum absolute atomic E-state index is 0.0323. The maximum atomic E-state index is 12.0. The summed E-state index contributed by atoms with van der Waals surface area (Å²) in [5.41, 5.74) is 1.00. The Morgan fingerprint density at radius 1 is 0.750 bits per heavy atom. The van der Waals surface area contributed by atoms with E-state index in [0.717, 1.165) is 5.56 Å². The fourth-order valence-corrected chi connectivity index (χ4v) is 2.23. The van der Waals surface area contributed by atoms with E-state index in [2.05, 4.69) is 0 Å². The van der Waals surface area contributed by atoms with Crippen molar-refractivity contribution in [1.29, 1.82) is 0 Å². The zero-order chi connectivity index (χ0) is 17.7. The van der Waals surface area contributed by atoms with Gasteiger partial charge in [-0.15, -0.1) is 0 Å². The molecule has 2 rings (SSSR count). The van der Waals surface area contributed by atoms with Gasteiger partial charge in [0.05, 0.1) is 28.4 Å². The topological polar surface area (TPSA) is 71.1 Å². The quantitative estimate of drug-likeness (QED) is 0.746. The zero-order valence-electron chi connectivity index (χ0n) is 13.9. The number of hydrogen-bond donors (Lipinski definition) is 0. The lowest BCUT2D eigenvalue weighted by Crippen LogP contribution is -2.13. The van der Waals surface area contributed by atoms with Gasteiger partial charge >= 0.3 is 0 Å². The maximum Gasteiger partial charge on any atom is 0.221 e. The molecule has 0 radical (unpaired) electrons. The van der Waals surface area contributed by atoms with Crippen LogP contribution in [0.5, 0.6) is 17.2 Å². The molecule has 0 amide bonds. The van der Waals surface area contributed by atoms with Crippen molar-refractivity contribution in [2.45, 2.75) is 0 Å². The van der Waals surface area contributed by atoms with Crippen LogP contribution in [0.2, 0.25) is 0 Å². The molecule has 1 aliphatic rings. The molecular formula is C18H18O6. The Bertz CT molecular complexity index is 730. The van der Waals surface area contributed by atoms with Crippen LogP contribution >= 0.6 is 0 Å². The van der Waals surface area contributed by atoms with E-state index in [1.807, 2.05) is 0 Å². The Hall–Kier alpha value is -3.02. The molecule has 0 atom stereocenters. The lowest BCUT2D eigenvalue weighted by molar-refractivity contribution is -0.117. The van der Waals surface area contributed by atoms with E-state index in [-0.39, 0.29) is 22.9 Å². The Morgan fingerprint density at radius 2 is 1.38 bits per heavy atom. The van der Waals surface area contributed by atoms with E-state index in [9.17, 15) is 9.59 Å². The van der Waals surface area contributed by atoms with Crippen molar-refractivity contribution >= 4 is 17.6 Å². The predicted octanol–water partition coefficient (Wildman–Crippen LogP) is 2.33. The summed E-state index contributed by atoms with van der Waals surface area (Å²) in [6.45, 7) is 0. The van der Waals surface area contributed by atoms with Crippen LogP contribution in [0.1, 0.15) is 5.56 Å². The minimum atomic E-state index is -0.346. The molecular weight excluding hydrogens is 312 g/mol. The molecule has 0 aromatic heterocycles. The molecule has 1 aliphatic carbocycles. The molecule has 0 spiro atoms. The van der Waals surface area contributed by atoms with Gasteiger partial charge in [0.2, 0.25) is 11.5 Å². The van der Waals surface area contributed by atoms with Gasteiger partial charge in [-0.25, -0.2) is 0 Å². The first-order valence-corrected chi connectivity index (χ1v) is 7.08. The molecule has 0 fully saturated rings. The smallest absolute Gasteiger partial charge is 0.221 e. The Labute approximate surface area is 140 Å².